The van der Waals surface area contributed by atoms with Gasteiger partial charge >= 0.3 is 0 Å². The monoisotopic (exact) mass is 320 g/mol. The molecule has 0 nitrogen and oxygen atoms in total. The lowest BCUT2D eigenvalue weighted by Gasteiger charge is -2.59. The van der Waals surface area contributed by atoms with Crippen LogP contribution >= 0.6 is 0 Å². The van der Waals surface area contributed by atoms with Gasteiger partial charge < -0.3 is 0 Å². The molecule has 0 N–H and O–H groups in total. The first-order valence-corrected chi connectivity index (χ1v) is 9.80. The summed E-state index contributed by atoms with van der Waals surface area (Å²) in [5.41, 5.74) is 3.95. The maximum atomic E-state index is 2.60. The Morgan fingerprint density at radius 3 is 2.38 bits per heavy atom. The molecule has 3 fully saturated rings. The summed E-state index contributed by atoms with van der Waals surface area (Å²) in [6.45, 7) is 12.3. The Kier molecular flexibility index (Phi) is 3.61. The van der Waals surface area contributed by atoms with Crippen LogP contribution in [0.25, 0.3) is 10.8 Å². The lowest BCUT2D eigenvalue weighted by atomic mass is 9.45. The van der Waals surface area contributed by atoms with Crippen LogP contribution in [0.5, 0.6) is 0 Å². The summed E-state index contributed by atoms with van der Waals surface area (Å²) in [6.07, 6.45) is 5.73. The molecule has 4 unspecified atom stereocenters. The standard InChI is InChI=1S/C24H32/c1-16-9-10-18-7-6-8-21(22(18)13-16)17(2)24(5)15-19-11-12-20(24)14-23(19,3)4/h6-10,13,17,19-20H,11-12,14-15H2,1-5H3. The maximum absolute atomic E-state index is 2.60. The van der Waals surface area contributed by atoms with E-state index in [1.165, 1.54) is 42.0 Å². The number of rotatable bonds is 2. The lowest BCUT2D eigenvalue weighted by Crippen LogP contribution is -2.50. The zero-order valence-corrected chi connectivity index (χ0v) is 16.0. The predicted molar refractivity (Wildman–Crippen MR) is 104 cm³/mol. The molecule has 3 saturated carbocycles. The SMILES string of the molecule is Cc1ccc2cccc(C(C)C3(C)CC4CCC3CC4(C)C)c2c1. The van der Waals surface area contributed by atoms with Crippen LogP contribution in [0.2, 0.25) is 0 Å². The van der Waals surface area contributed by atoms with Gasteiger partial charge in [0.25, 0.3) is 0 Å². The summed E-state index contributed by atoms with van der Waals surface area (Å²) >= 11 is 0. The summed E-state index contributed by atoms with van der Waals surface area (Å²) in [7, 11) is 0. The van der Waals surface area contributed by atoms with E-state index < -0.39 is 0 Å². The Bertz CT molecular complexity index is 769. The normalized spacial score (nSPS) is 32.9. The second-order valence-corrected chi connectivity index (χ2v) is 9.67. The second kappa shape index (κ2) is 5.35. The number of aryl methyl sites for hydroxylation is 1. The Balaban J connectivity index is 1.77. The van der Waals surface area contributed by atoms with E-state index in [9.17, 15) is 0 Å². The largest absolute Gasteiger partial charge is 0.0613 e. The van der Waals surface area contributed by atoms with Gasteiger partial charge in [-0.15, -0.1) is 0 Å². The molecular formula is C24H32. The van der Waals surface area contributed by atoms with Crippen LogP contribution in [-0.2, 0) is 0 Å². The summed E-state index contributed by atoms with van der Waals surface area (Å²) in [5, 5.41) is 2.88. The summed E-state index contributed by atoms with van der Waals surface area (Å²) in [5.74, 6) is 2.42. The Morgan fingerprint density at radius 2 is 1.71 bits per heavy atom. The smallest absolute Gasteiger partial charge is 0.0127 e. The van der Waals surface area contributed by atoms with Crippen molar-refractivity contribution < 1.29 is 0 Å². The topological polar surface area (TPSA) is 0 Å². The summed E-state index contributed by atoms with van der Waals surface area (Å²) in [4.78, 5) is 0. The molecule has 0 amide bonds. The van der Waals surface area contributed by atoms with E-state index in [-0.39, 0.29) is 0 Å². The molecule has 0 heterocycles. The fourth-order valence-electron chi connectivity index (χ4n) is 6.01. The second-order valence-electron chi connectivity index (χ2n) is 9.67. The third kappa shape index (κ3) is 2.33. The molecule has 3 aliphatic rings. The van der Waals surface area contributed by atoms with Crippen molar-refractivity contribution in [3.63, 3.8) is 0 Å². The molecule has 2 aromatic carbocycles. The molecule has 0 saturated heterocycles. The van der Waals surface area contributed by atoms with Gasteiger partial charge in [-0.25, -0.2) is 0 Å². The average Bonchev–Trinajstić information content (AvgIpc) is 2.54. The van der Waals surface area contributed by atoms with Crippen molar-refractivity contribution in [2.75, 3.05) is 0 Å². The van der Waals surface area contributed by atoms with Crippen molar-refractivity contribution in [3.05, 3.63) is 47.5 Å². The number of hydrogen-bond donors (Lipinski definition) is 0. The van der Waals surface area contributed by atoms with Crippen LogP contribution < -0.4 is 0 Å². The fraction of sp³-hybridized carbons (Fsp3) is 0.583. The van der Waals surface area contributed by atoms with Crippen LogP contribution in [0.4, 0.5) is 0 Å². The Labute approximate surface area is 147 Å². The molecule has 5 rings (SSSR count). The first-order chi connectivity index (χ1) is 11.3. The van der Waals surface area contributed by atoms with E-state index in [0.717, 1.165) is 11.8 Å². The highest BCUT2D eigenvalue weighted by molar-refractivity contribution is 5.87. The van der Waals surface area contributed by atoms with Crippen molar-refractivity contribution >= 4 is 10.8 Å². The minimum atomic E-state index is 0.455. The van der Waals surface area contributed by atoms with Crippen molar-refractivity contribution in [2.24, 2.45) is 22.7 Å². The van der Waals surface area contributed by atoms with Gasteiger partial charge in [0.2, 0.25) is 0 Å². The Hall–Kier alpha value is -1.30. The molecule has 4 atom stereocenters. The third-order valence-corrected chi connectivity index (χ3v) is 7.89. The van der Waals surface area contributed by atoms with Gasteiger partial charge in [0.05, 0.1) is 0 Å². The first kappa shape index (κ1) is 16.2. The van der Waals surface area contributed by atoms with E-state index in [0.29, 0.717) is 16.7 Å². The number of benzene rings is 2. The molecule has 0 spiro atoms. The molecule has 2 bridgehead atoms. The minimum absolute atomic E-state index is 0.455. The van der Waals surface area contributed by atoms with Gasteiger partial charge in [-0.1, -0.05) is 69.7 Å². The van der Waals surface area contributed by atoms with E-state index in [1.54, 1.807) is 5.56 Å². The van der Waals surface area contributed by atoms with E-state index in [2.05, 4.69) is 71.0 Å². The van der Waals surface area contributed by atoms with Gasteiger partial charge in [0.15, 0.2) is 0 Å². The highest BCUT2D eigenvalue weighted by Gasteiger charge is 2.53. The van der Waals surface area contributed by atoms with Crippen molar-refractivity contribution in [3.8, 4) is 0 Å². The van der Waals surface area contributed by atoms with Crippen LogP contribution in [0.15, 0.2) is 36.4 Å². The molecule has 2 aromatic rings. The van der Waals surface area contributed by atoms with Gasteiger partial charge in [-0.2, -0.15) is 0 Å². The highest BCUT2D eigenvalue weighted by Crippen LogP contribution is 2.64. The van der Waals surface area contributed by atoms with Crippen LogP contribution in [0.3, 0.4) is 0 Å². The third-order valence-electron chi connectivity index (χ3n) is 7.89. The zero-order chi connectivity index (χ0) is 17.1. The van der Waals surface area contributed by atoms with Crippen LogP contribution in [-0.4, -0.2) is 0 Å². The van der Waals surface area contributed by atoms with Crippen LogP contribution in [0.1, 0.15) is 70.4 Å². The van der Waals surface area contributed by atoms with Crippen LogP contribution in [0, 0.1) is 29.6 Å². The fourth-order valence-corrected chi connectivity index (χ4v) is 6.01. The molecule has 128 valence electrons. The van der Waals surface area contributed by atoms with Gasteiger partial charge in [-0.3, -0.25) is 0 Å². The molecule has 0 radical (unpaired) electrons. The van der Waals surface area contributed by atoms with Gasteiger partial charge in [0, 0.05) is 0 Å². The molecule has 0 aliphatic heterocycles. The highest BCUT2D eigenvalue weighted by atomic mass is 14.6. The maximum Gasteiger partial charge on any atom is -0.0127 e. The Morgan fingerprint density at radius 1 is 0.958 bits per heavy atom. The molecule has 0 heteroatoms. The minimum Gasteiger partial charge on any atom is -0.0613 e. The van der Waals surface area contributed by atoms with Crippen molar-refractivity contribution in [1.29, 1.82) is 0 Å². The van der Waals surface area contributed by atoms with E-state index in [4.69, 9.17) is 0 Å². The first-order valence-electron chi connectivity index (χ1n) is 9.80. The molecule has 3 aliphatic carbocycles. The lowest BCUT2D eigenvalue weighted by molar-refractivity contribution is -0.0787. The van der Waals surface area contributed by atoms with Crippen molar-refractivity contribution in [2.45, 2.75) is 66.2 Å². The van der Waals surface area contributed by atoms with E-state index >= 15 is 0 Å². The summed E-state index contributed by atoms with van der Waals surface area (Å²) in [6, 6.07) is 13.9. The van der Waals surface area contributed by atoms with E-state index in [1.807, 2.05) is 0 Å². The molecular weight excluding hydrogens is 288 g/mol. The number of hydrogen-bond acceptors (Lipinski definition) is 0. The summed E-state index contributed by atoms with van der Waals surface area (Å²) < 4.78 is 0. The van der Waals surface area contributed by atoms with Crippen molar-refractivity contribution in [1.82, 2.24) is 0 Å². The molecule has 0 aromatic heterocycles. The average molecular weight is 321 g/mol. The van der Waals surface area contributed by atoms with Gasteiger partial charge in [-0.05, 0) is 77.5 Å². The molecule has 24 heavy (non-hydrogen) atoms. The number of fused-ring (bicyclic) bond motifs is 4. The predicted octanol–water partition coefficient (Wildman–Crippen LogP) is 7.10. The zero-order valence-electron chi connectivity index (χ0n) is 16.0. The quantitative estimate of drug-likeness (QED) is 0.553. The van der Waals surface area contributed by atoms with Gasteiger partial charge in [0.1, 0.15) is 0 Å².